The summed E-state index contributed by atoms with van der Waals surface area (Å²) in [6.07, 6.45) is 2.12. The number of aliphatic hydroxyl groups is 1. The topological polar surface area (TPSA) is 20.2 Å². The summed E-state index contributed by atoms with van der Waals surface area (Å²) in [5.41, 5.74) is -0.679. The van der Waals surface area contributed by atoms with Crippen molar-refractivity contribution in [3.8, 4) is 0 Å². The molecule has 0 saturated carbocycles. The highest BCUT2D eigenvalue weighted by Crippen LogP contribution is 2.24. The molecular formula is C13H18F2O. The SMILES string of the molecule is CCCC(O)(CC)Cc1cc(F)ccc1F. The summed E-state index contributed by atoms with van der Waals surface area (Å²) in [5.74, 6) is -0.921. The molecule has 0 amide bonds. The lowest BCUT2D eigenvalue weighted by Crippen LogP contribution is -2.30. The summed E-state index contributed by atoms with van der Waals surface area (Å²) in [6.45, 7) is 3.81. The number of rotatable bonds is 5. The van der Waals surface area contributed by atoms with Gasteiger partial charge in [0, 0.05) is 6.42 Å². The minimum atomic E-state index is -0.927. The monoisotopic (exact) mass is 228 g/mol. The number of hydrogen-bond acceptors (Lipinski definition) is 1. The maximum atomic E-state index is 13.4. The van der Waals surface area contributed by atoms with Gasteiger partial charge >= 0.3 is 0 Å². The summed E-state index contributed by atoms with van der Waals surface area (Å²) >= 11 is 0. The molecule has 16 heavy (non-hydrogen) atoms. The van der Waals surface area contributed by atoms with E-state index in [1.807, 2.05) is 13.8 Å². The molecule has 3 heteroatoms. The number of benzene rings is 1. The molecule has 0 aliphatic rings. The predicted octanol–water partition coefficient (Wildman–Crippen LogP) is 3.45. The fraction of sp³-hybridized carbons (Fsp3) is 0.538. The van der Waals surface area contributed by atoms with Crippen LogP contribution >= 0.6 is 0 Å². The first-order chi connectivity index (χ1) is 7.50. The molecule has 1 nitrogen and oxygen atoms in total. The van der Waals surface area contributed by atoms with Gasteiger partial charge in [0.1, 0.15) is 11.6 Å². The second-order valence-electron chi connectivity index (χ2n) is 4.24. The van der Waals surface area contributed by atoms with E-state index in [0.717, 1.165) is 24.6 Å². The molecule has 0 aliphatic carbocycles. The van der Waals surface area contributed by atoms with E-state index in [2.05, 4.69) is 0 Å². The van der Waals surface area contributed by atoms with Crippen LogP contribution in [0.15, 0.2) is 18.2 Å². The quantitative estimate of drug-likeness (QED) is 0.818. The van der Waals surface area contributed by atoms with Crippen molar-refractivity contribution in [2.45, 2.75) is 45.1 Å². The summed E-state index contributed by atoms with van der Waals surface area (Å²) < 4.78 is 26.4. The molecule has 0 radical (unpaired) electrons. The van der Waals surface area contributed by atoms with Gasteiger partial charge in [0.2, 0.25) is 0 Å². The first-order valence-electron chi connectivity index (χ1n) is 5.67. The van der Waals surface area contributed by atoms with Gasteiger partial charge in [-0.15, -0.1) is 0 Å². The van der Waals surface area contributed by atoms with E-state index in [4.69, 9.17) is 0 Å². The molecule has 1 aromatic carbocycles. The Labute approximate surface area is 95.1 Å². The van der Waals surface area contributed by atoms with Crippen molar-refractivity contribution in [3.63, 3.8) is 0 Å². The fourth-order valence-corrected chi connectivity index (χ4v) is 1.89. The van der Waals surface area contributed by atoms with Crippen molar-refractivity contribution < 1.29 is 13.9 Å². The Morgan fingerprint density at radius 3 is 2.50 bits per heavy atom. The van der Waals surface area contributed by atoms with Crippen LogP contribution in [0.3, 0.4) is 0 Å². The van der Waals surface area contributed by atoms with E-state index in [1.165, 1.54) is 0 Å². The minimum absolute atomic E-state index is 0.168. The van der Waals surface area contributed by atoms with E-state index in [9.17, 15) is 13.9 Å². The fourth-order valence-electron chi connectivity index (χ4n) is 1.89. The van der Waals surface area contributed by atoms with E-state index in [-0.39, 0.29) is 12.0 Å². The Kier molecular flexibility index (Phi) is 4.42. The van der Waals surface area contributed by atoms with Gasteiger partial charge < -0.3 is 5.11 Å². The molecule has 1 rings (SSSR count). The lowest BCUT2D eigenvalue weighted by atomic mass is 9.87. The molecule has 0 bridgehead atoms. The highest BCUT2D eigenvalue weighted by molar-refractivity contribution is 5.20. The van der Waals surface area contributed by atoms with E-state index < -0.39 is 17.2 Å². The first kappa shape index (κ1) is 13.1. The Morgan fingerprint density at radius 1 is 1.25 bits per heavy atom. The molecule has 1 aromatic rings. The van der Waals surface area contributed by atoms with Crippen molar-refractivity contribution in [1.29, 1.82) is 0 Å². The molecule has 0 heterocycles. The highest BCUT2D eigenvalue weighted by atomic mass is 19.1. The maximum Gasteiger partial charge on any atom is 0.126 e. The lowest BCUT2D eigenvalue weighted by Gasteiger charge is -2.26. The van der Waals surface area contributed by atoms with Crippen LogP contribution in [0.5, 0.6) is 0 Å². The summed E-state index contributed by atoms with van der Waals surface area (Å²) in [6, 6.07) is 3.35. The summed E-state index contributed by atoms with van der Waals surface area (Å²) in [7, 11) is 0. The zero-order chi connectivity index (χ0) is 12.2. The van der Waals surface area contributed by atoms with Crippen LogP contribution in [-0.4, -0.2) is 10.7 Å². The van der Waals surface area contributed by atoms with Crippen LogP contribution in [0.2, 0.25) is 0 Å². The molecule has 1 atom stereocenters. The van der Waals surface area contributed by atoms with Crippen molar-refractivity contribution >= 4 is 0 Å². The van der Waals surface area contributed by atoms with Gasteiger partial charge in [0.25, 0.3) is 0 Å². The van der Waals surface area contributed by atoms with Crippen molar-refractivity contribution in [2.24, 2.45) is 0 Å². The van der Waals surface area contributed by atoms with Crippen LogP contribution in [0, 0.1) is 11.6 Å². The Bertz CT molecular complexity index is 352. The third-order valence-electron chi connectivity index (χ3n) is 2.90. The van der Waals surface area contributed by atoms with Gasteiger partial charge in [-0.1, -0.05) is 20.3 Å². The van der Waals surface area contributed by atoms with E-state index in [0.29, 0.717) is 12.8 Å². The van der Waals surface area contributed by atoms with Gasteiger partial charge in [-0.05, 0) is 36.6 Å². The third-order valence-corrected chi connectivity index (χ3v) is 2.90. The second kappa shape index (κ2) is 5.39. The van der Waals surface area contributed by atoms with Crippen LogP contribution < -0.4 is 0 Å². The third kappa shape index (κ3) is 3.27. The van der Waals surface area contributed by atoms with Crippen LogP contribution in [0.25, 0.3) is 0 Å². The van der Waals surface area contributed by atoms with Crippen molar-refractivity contribution in [1.82, 2.24) is 0 Å². The average Bonchev–Trinajstić information content (AvgIpc) is 2.24. The lowest BCUT2D eigenvalue weighted by molar-refractivity contribution is 0.0262. The first-order valence-corrected chi connectivity index (χ1v) is 5.67. The van der Waals surface area contributed by atoms with Crippen LogP contribution in [0.1, 0.15) is 38.7 Å². The molecule has 1 N–H and O–H groups in total. The average molecular weight is 228 g/mol. The molecule has 0 spiro atoms. The van der Waals surface area contributed by atoms with Crippen LogP contribution in [0.4, 0.5) is 8.78 Å². The highest BCUT2D eigenvalue weighted by Gasteiger charge is 2.25. The van der Waals surface area contributed by atoms with Crippen molar-refractivity contribution in [3.05, 3.63) is 35.4 Å². The van der Waals surface area contributed by atoms with Gasteiger partial charge in [-0.25, -0.2) is 8.78 Å². The minimum Gasteiger partial charge on any atom is -0.390 e. The maximum absolute atomic E-state index is 13.4. The molecule has 0 fully saturated rings. The smallest absolute Gasteiger partial charge is 0.126 e. The molecule has 0 aromatic heterocycles. The zero-order valence-corrected chi connectivity index (χ0v) is 9.76. The number of halogens is 2. The van der Waals surface area contributed by atoms with Crippen LogP contribution in [-0.2, 0) is 6.42 Å². The van der Waals surface area contributed by atoms with E-state index in [1.54, 1.807) is 0 Å². The molecule has 1 unspecified atom stereocenters. The summed E-state index contributed by atoms with van der Waals surface area (Å²) in [5, 5.41) is 10.2. The number of hydrogen-bond donors (Lipinski definition) is 1. The molecule has 0 aliphatic heterocycles. The van der Waals surface area contributed by atoms with Gasteiger partial charge in [0.05, 0.1) is 5.60 Å². The van der Waals surface area contributed by atoms with Gasteiger partial charge in [-0.2, -0.15) is 0 Å². The Morgan fingerprint density at radius 2 is 1.94 bits per heavy atom. The predicted molar refractivity (Wildman–Crippen MR) is 60.2 cm³/mol. The van der Waals surface area contributed by atoms with Crippen molar-refractivity contribution in [2.75, 3.05) is 0 Å². The van der Waals surface area contributed by atoms with Gasteiger partial charge in [0.15, 0.2) is 0 Å². The standard InChI is InChI=1S/C13H18F2O/c1-3-7-13(16,4-2)9-10-8-11(14)5-6-12(10)15/h5-6,8,16H,3-4,7,9H2,1-2H3. The Balaban J connectivity index is 2.89. The molecule has 0 saturated heterocycles. The molecule has 90 valence electrons. The molecular weight excluding hydrogens is 210 g/mol. The zero-order valence-electron chi connectivity index (χ0n) is 9.76. The van der Waals surface area contributed by atoms with Gasteiger partial charge in [-0.3, -0.25) is 0 Å². The Hall–Kier alpha value is -0.960. The summed E-state index contributed by atoms with van der Waals surface area (Å²) in [4.78, 5) is 0. The largest absolute Gasteiger partial charge is 0.390 e. The van der Waals surface area contributed by atoms with E-state index >= 15 is 0 Å². The second-order valence-corrected chi connectivity index (χ2v) is 4.24. The normalized spacial score (nSPS) is 14.8.